The molecule has 0 spiro atoms. The predicted octanol–water partition coefficient (Wildman–Crippen LogP) is 3.09. The highest BCUT2D eigenvalue weighted by Gasteiger charge is 2.26. The molecule has 2 atom stereocenters. The Morgan fingerprint density at radius 3 is 2.89 bits per heavy atom. The fourth-order valence-corrected chi connectivity index (χ4v) is 3.79. The van der Waals surface area contributed by atoms with E-state index in [0.29, 0.717) is 5.92 Å². The van der Waals surface area contributed by atoms with Gasteiger partial charge < -0.3 is 9.88 Å². The summed E-state index contributed by atoms with van der Waals surface area (Å²) < 4.78 is 2.57. The number of fused-ring (bicyclic) bond motifs is 1. The molecule has 0 saturated heterocycles. The third-order valence-corrected chi connectivity index (χ3v) is 4.78. The number of nitrogens with zero attached hydrogens (tertiary/aromatic N) is 2. The van der Waals surface area contributed by atoms with Crippen molar-refractivity contribution in [1.82, 2.24) is 14.9 Å². The summed E-state index contributed by atoms with van der Waals surface area (Å²) >= 11 is 0. The molecule has 3 nitrogen and oxygen atoms in total. The molecule has 1 aromatic rings. The topological polar surface area (TPSA) is 29.9 Å². The van der Waals surface area contributed by atoms with Crippen LogP contribution in [0.1, 0.15) is 63.2 Å². The summed E-state index contributed by atoms with van der Waals surface area (Å²) in [6, 6.07) is 0. The lowest BCUT2D eigenvalue weighted by molar-refractivity contribution is 0.417. The monoisotopic (exact) mass is 261 g/mol. The Bertz CT molecular complexity index is 447. The van der Waals surface area contributed by atoms with Crippen LogP contribution in [-0.4, -0.2) is 16.1 Å². The van der Waals surface area contributed by atoms with Gasteiger partial charge in [-0.2, -0.15) is 0 Å². The van der Waals surface area contributed by atoms with Crippen LogP contribution in [0.25, 0.3) is 0 Å². The van der Waals surface area contributed by atoms with E-state index >= 15 is 0 Å². The normalized spacial score (nSPS) is 26.9. The number of hydrogen-bond donors (Lipinski definition) is 1. The van der Waals surface area contributed by atoms with Gasteiger partial charge in [-0.05, 0) is 24.7 Å². The van der Waals surface area contributed by atoms with Gasteiger partial charge in [-0.3, -0.25) is 0 Å². The zero-order chi connectivity index (χ0) is 13.4. The summed E-state index contributed by atoms with van der Waals surface area (Å²) in [5.74, 6) is 3.65. The van der Waals surface area contributed by atoms with Gasteiger partial charge in [0.15, 0.2) is 0 Å². The van der Waals surface area contributed by atoms with E-state index in [2.05, 4.69) is 30.7 Å². The van der Waals surface area contributed by atoms with Gasteiger partial charge in [-0.1, -0.05) is 27.2 Å². The van der Waals surface area contributed by atoms with Crippen LogP contribution in [0.2, 0.25) is 0 Å². The molecule has 2 aliphatic rings. The average molecular weight is 261 g/mol. The van der Waals surface area contributed by atoms with Crippen molar-refractivity contribution in [3.63, 3.8) is 0 Å². The van der Waals surface area contributed by atoms with E-state index in [1.54, 1.807) is 0 Å². The van der Waals surface area contributed by atoms with Crippen molar-refractivity contribution in [3.05, 3.63) is 17.2 Å². The number of hydrogen-bond acceptors (Lipinski definition) is 2. The maximum atomic E-state index is 4.91. The van der Waals surface area contributed by atoms with Crippen LogP contribution in [0.3, 0.4) is 0 Å². The van der Waals surface area contributed by atoms with Crippen molar-refractivity contribution in [1.29, 1.82) is 0 Å². The molecule has 2 heterocycles. The Labute approximate surface area is 116 Å². The molecule has 106 valence electrons. The summed E-state index contributed by atoms with van der Waals surface area (Å²) in [5, 5.41) is 3.45. The number of nitrogens with one attached hydrogen (secondary N) is 1. The second-order valence-electron chi connectivity index (χ2n) is 6.84. The second kappa shape index (κ2) is 5.28. The molecule has 0 radical (unpaired) electrons. The Morgan fingerprint density at radius 2 is 2.21 bits per heavy atom. The Balaban J connectivity index is 1.87. The Hall–Kier alpha value is -0.830. The molecule has 3 rings (SSSR count). The molecule has 1 aliphatic carbocycles. The van der Waals surface area contributed by atoms with E-state index in [-0.39, 0.29) is 0 Å². The largest absolute Gasteiger partial charge is 0.331 e. The summed E-state index contributed by atoms with van der Waals surface area (Å²) in [5.41, 5.74) is 2.82. The highest BCUT2D eigenvalue weighted by atomic mass is 15.1. The molecule has 1 aliphatic heterocycles. The second-order valence-corrected chi connectivity index (χ2v) is 6.84. The fourth-order valence-electron chi connectivity index (χ4n) is 3.79. The molecule has 1 saturated carbocycles. The minimum atomic E-state index is 0.532. The first-order valence-corrected chi connectivity index (χ1v) is 7.94. The summed E-state index contributed by atoms with van der Waals surface area (Å²) in [4.78, 5) is 4.91. The SMILES string of the molecule is CC1CCC(Cn2c(C(C)C)nc3c2CCNC3)C1. The van der Waals surface area contributed by atoms with Crippen molar-refractivity contribution in [2.75, 3.05) is 6.54 Å². The van der Waals surface area contributed by atoms with Gasteiger partial charge in [0.05, 0.1) is 5.69 Å². The number of rotatable bonds is 3. The Morgan fingerprint density at radius 1 is 1.37 bits per heavy atom. The predicted molar refractivity (Wildman–Crippen MR) is 78.2 cm³/mol. The van der Waals surface area contributed by atoms with E-state index in [1.165, 1.54) is 43.0 Å². The summed E-state index contributed by atoms with van der Waals surface area (Å²) in [6.07, 6.45) is 5.38. The molecule has 0 bridgehead atoms. The average Bonchev–Trinajstić information content (AvgIpc) is 2.95. The molecule has 0 amide bonds. The van der Waals surface area contributed by atoms with Crippen molar-refractivity contribution in [3.8, 4) is 0 Å². The van der Waals surface area contributed by atoms with Crippen molar-refractivity contribution in [2.45, 2.75) is 65.5 Å². The first kappa shape index (κ1) is 13.2. The highest BCUT2D eigenvalue weighted by Crippen LogP contribution is 2.33. The van der Waals surface area contributed by atoms with Gasteiger partial charge >= 0.3 is 0 Å². The van der Waals surface area contributed by atoms with Crippen molar-refractivity contribution < 1.29 is 0 Å². The van der Waals surface area contributed by atoms with Gasteiger partial charge in [0.2, 0.25) is 0 Å². The fraction of sp³-hybridized carbons (Fsp3) is 0.812. The first-order valence-electron chi connectivity index (χ1n) is 7.94. The summed E-state index contributed by atoms with van der Waals surface area (Å²) in [6.45, 7) is 10.2. The summed E-state index contributed by atoms with van der Waals surface area (Å²) in [7, 11) is 0. The highest BCUT2D eigenvalue weighted by molar-refractivity contribution is 5.22. The molecule has 2 unspecified atom stereocenters. The molecular weight excluding hydrogens is 234 g/mol. The van der Waals surface area contributed by atoms with E-state index in [9.17, 15) is 0 Å². The molecular formula is C16H27N3. The van der Waals surface area contributed by atoms with Crippen LogP contribution >= 0.6 is 0 Å². The maximum Gasteiger partial charge on any atom is 0.111 e. The molecule has 3 heteroatoms. The number of imidazole rings is 1. The van der Waals surface area contributed by atoms with Gasteiger partial charge in [-0.15, -0.1) is 0 Å². The van der Waals surface area contributed by atoms with Gasteiger partial charge in [0.1, 0.15) is 5.82 Å². The third kappa shape index (κ3) is 2.58. The Kier molecular flexibility index (Phi) is 3.66. The minimum absolute atomic E-state index is 0.532. The van der Waals surface area contributed by atoms with Crippen LogP contribution < -0.4 is 5.32 Å². The van der Waals surface area contributed by atoms with E-state index in [1.807, 2.05) is 0 Å². The standard InChI is InChI=1S/C16H27N3/c1-11(2)16-18-14-9-17-7-6-15(14)19(16)10-13-5-4-12(3)8-13/h11-13,17H,4-10H2,1-3H3. The number of aromatic nitrogens is 2. The van der Waals surface area contributed by atoms with E-state index in [0.717, 1.165) is 31.3 Å². The lowest BCUT2D eigenvalue weighted by Crippen LogP contribution is -2.25. The minimum Gasteiger partial charge on any atom is -0.331 e. The van der Waals surface area contributed by atoms with Crippen LogP contribution in [0.15, 0.2) is 0 Å². The van der Waals surface area contributed by atoms with Crippen LogP contribution in [-0.2, 0) is 19.5 Å². The van der Waals surface area contributed by atoms with Gasteiger partial charge in [0.25, 0.3) is 0 Å². The lowest BCUT2D eigenvalue weighted by atomic mass is 10.1. The van der Waals surface area contributed by atoms with Gasteiger partial charge in [0, 0.05) is 37.7 Å². The lowest BCUT2D eigenvalue weighted by Gasteiger charge is -2.20. The molecule has 1 fully saturated rings. The quantitative estimate of drug-likeness (QED) is 0.906. The zero-order valence-electron chi connectivity index (χ0n) is 12.6. The molecule has 1 aromatic heterocycles. The molecule has 0 aromatic carbocycles. The maximum absolute atomic E-state index is 4.91. The van der Waals surface area contributed by atoms with Crippen molar-refractivity contribution in [2.24, 2.45) is 11.8 Å². The van der Waals surface area contributed by atoms with E-state index in [4.69, 9.17) is 4.98 Å². The first-order chi connectivity index (χ1) is 9.15. The van der Waals surface area contributed by atoms with Gasteiger partial charge in [-0.25, -0.2) is 4.98 Å². The third-order valence-electron chi connectivity index (χ3n) is 4.78. The smallest absolute Gasteiger partial charge is 0.111 e. The molecule has 19 heavy (non-hydrogen) atoms. The van der Waals surface area contributed by atoms with Crippen LogP contribution in [0.4, 0.5) is 0 Å². The molecule has 1 N–H and O–H groups in total. The van der Waals surface area contributed by atoms with Crippen molar-refractivity contribution >= 4 is 0 Å². The van der Waals surface area contributed by atoms with E-state index < -0.39 is 0 Å². The van der Waals surface area contributed by atoms with Crippen LogP contribution in [0, 0.1) is 11.8 Å². The zero-order valence-corrected chi connectivity index (χ0v) is 12.6. The van der Waals surface area contributed by atoms with Crippen LogP contribution in [0.5, 0.6) is 0 Å².